The summed E-state index contributed by atoms with van der Waals surface area (Å²) in [5.41, 5.74) is 0.995. The van der Waals surface area contributed by atoms with Crippen molar-refractivity contribution in [2.75, 3.05) is 11.9 Å². The monoisotopic (exact) mass is 327 g/mol. The van der Waals surface area contributed by atoms with Crippen LogP contribution in [-0.4, -0.2) is 28.5 Å². The normalized spacial score (nSPS) is 10.4. The van der Waals surface area contributed by atoms with Gasteiger partial charge < -0.3 is 9.72 Å². The van der Waals surface area contributed by atoms with Gasteiger partial charge in [0, 0.05) is 5.69 Å². The van der Waals surface area contributed by atoms with Crippen molar-refractivity contribution >= 4 is 39.7 Å². The van der Waals surface area contributed by atoms with E-state index in [1.807, 2.05) is 0 Å². The summed E-state index contributed by atoms with van der Waals surface area (Å²) in [6, 6.07) is 0. The Morgan fingerprint density at radius 1 is 1.29 bits per heavy atom. The molecule has 0 spiro atoms. The van der Waals surface area contributed by atoms with E-state index in [0.717, 1.165) is 22.7 Å². The van der Waals surface area contributed by atoms with Gasteiger partial charge >= 0.3 is 10.8 Å². The Kier molecular flexibility index (Phi) is 4.53. The lowest BCUT2D eigenvalue weighted by Gasteiger charge is -1.99. The number of esters is 1. The summed E-state index contributed by atoms with van der Waals surface area (Å²) in [6.07, 6.45) is 0. The van der Waals surface area contributed by atoms with E-state index >= 15 is 0 Å². The number of carbonyl (C=O) groups is 2. The van der Waals surface area contributed by atoms with Crippen molar-refractivity contribution in [2.45, 2.75) is 20.8 Å². The summed E-state index contributed by atoms with van der Waals surface area (Å²) in [5.74, 6) is -0.893. The summed E-state index contributed by atoms with van der Waals surface area (Å²) in [5, 5.41) is 2.88. The van der Waals surface area contributed by atoms with Crippen LogP contribution in [0.15, 0.2) is 4.79 Å². The summed E-state index contributed by atoms with van der Waals surface area (Å²) in [7, 11) is 0. The number of carbonyl (C=O) groups excluding carboxylic acids is 2. The largest absolute Gasteiger partial charge is 0.462 e. The number of nitrogens with one attached hydrogen (secondary N) is 2. The number of anilines is 1. The fraction of sp³-hybridized carbons (Fsp3) is 0.333. The fourth-order valence-electron chi connectivity index (χ4n) is 1.61. The highest BCUT2D eigenvalue weighted by Crippen LogP contribution is 2.24. The molecule has 21 heavy (non-hydrogen) atoms. The molecule has 1 amide bonds. The first-order valence-corrected chi connectivity index (χ1v) is 7.71. The molecule has 7 nitrogen and oxygen atoms in total. The van der Waals surface area contributed by atoms with Gasteiger partial charge in [-0.2, -0.15) is 0 Å². The number of amides is 1. The van der Waals surface area contributed by atoms with Gasteiger partial charge in [-0.3, -0.25) is 14.9 Å². The Balaban J connectivity index is 2.19. The first-order valence-electron chi connectivity index (χ1n) is 6.08. The highest BCUT2D eigenvalue weighted by molar-refractivity contribution is 7.18. The molecule has 0 saturated carbocycles. The first-order chi connectivity index (χ1) is 9.92. The molecule has 2 aromatic rings. The minimum absolute atomic E-state index is 0.272. The summed E-state index contributed by atoms with van der Waals surface area (Å²) in [6.45, 7) is 5.30. The van der Waals surface area contributed by atoms with Gasteiger partial charge in [0.1, 0.15) is 9.75 Å². The zero-order valence-electron chi connectivity index (χ0n) is 11.6. The lowest BCUT2D eigenvalue weighted by Crippen LogP contribution is -2.11. The molecule has 2 rings (SSSR count). The van der Waals surface area contributed by atoms with Crippen molar-refractivity contribution in [3.63, 3.8) is 0 Å². The Labute approximate surface area is 128 Å². The molecule has 0 aliphatic carbocycles. The van der Waals surface area contributed by atoms with Gasteiger partial charge in [-0.1, -0.05) is 22.7 Å². The van der Waals surface area contributed by atoms with Crippen LogP contribution in [0.5, 0.6) is 0 Å². The quantitative estimate of drug-likeness (QED) is 0.836. The van der Waals surface area contributed by atoms with Crippen molar-refractivity contribution in [1.29, 1.82) is 0 Å². The maximum Gasteiger partial charge on any atom is 0.350 e. The average Bonchev–Trinajstić information content (AvgIpc) is 2.92. The van der Waals surface area contributed by atoms with Gasteiger partial charge in [-0.25, -0.2) is 9.78 Å². The lowest BCUT2D eigenvalue weighted by atomic mass is 10.4. The maximum atomic E-state index is 12.1. The first kappa shape index (κ1) is 15.4. The average molecular weight is 327 g/mol. The van der Waals surface area contributed by atoms with Crippen molar-refractivity contribution in [3.8, 4) is 0 Å². The van der Waals surface area contributed by atoms with E-state index < -0.39 is 11.9 Å². The molecule has 2 aromatic heterocycles. The third kappa shape index (κ3) is 3.37. The van der Waals surface area contributed by atoms with Crippen molar-refractivity contribution in [1.82, 2.24) is 9.97 Å². The van der Waals surface area contributed by atoms with Crippen LogP contribution in [0.25, 0.3) is 0 Å². The molecule has 2 N–H and O–H groups in total. The van der Waals surface area contributed by atoms with Gasteiger partial charge in [-0.15, -0.1) is 0 Å². The van der Waals surface area contributed by atoms with E-state index in [-0.39, 0.29) is 11.5 Å². The lowest BCUT2D eigenvalue weighted by molar-refractivity contribution is 0.0531. The molecule has 112 valence electrons. The molecular formula is C12H13N3O4S2. The third-order valence-corrected chi connectivity index (χ3v) is 4.55. The predicted octanol–water partition coefficient (Wildman–Crippen LogP) is 1.94. The van der Waals surface area contributed by atoms with Crippen LogP contribution in [0.4, 0.5) is 5.13 Å². The molecule has 0 saturated heterocycles. The minimum Gasteiger partial charge on any atom is -0.462 e. The Morgan fingerprint density at radius 3 is 2.57 bits per heavy atom. The fourth-order valence-corrected chi connectivity index (χ4v) is 3.20. The SMILES string of the molecule is CCOC(=O)c1sc(NC(=O)c2sc(=O)[nH]c2C)nc1C. The Bertz CT molecular complexity index is 744. The minimum atomic E-state index is -0.463. The Morgan fingerprint density at radius 2 is 2.00 bits per heavy atom. The van der Waals surface area contributed by atoms with Crippen LogP contribution in [0.1, 0.15) is 37.7 Å². The number of aromatic amines is 1. The topological polar surface area (TPSA) is 101 Å². The Hall–Kier alpha value is -2.00. The molecule has 0 aromatic carbocycles. The smallest absolute Gasteiger partial charge is 0.350 e. The van der Waals surface area contributed by atoms with Gasteiger partial charge in [0.05, 0.1) is 12.3 Å². The summed E-state index contributed by atoms with van der Waals surface area (Å²) < 4.78 is 4.91. The molecule has 0 atom stereocenters. The molecule has 0 fully saturated rings. The van der Waals surface area contributed by atoms with Crippen LogP contribution in [0.2, 0.25) is 0 Å². The molecule has 2 heterocycles. The van der Waals surface area contributed by atoms with Crippen molar-refractivity contribution in [3.05, 3.63) is 30.8 Å². The molecule has 0 aliphatic rings. The molecule has 0 aliphatic heterocycles. The summed E-state index contributed by atoms with van der Waals surface area (Å²) >= 11 is 1.87. The molecule has 0 bridgehead atoms. The van der Waals surface area contributed by atoms with Crippen LogP contribution >= 0.6 is 22.7 Å². The molecule has 0 unspecified atom stereocenters. The number of rotatable bonds is 4. The highest BCUT2D eigenvalue weighted by Gasteiger charge is 2.19. The number of thiazole rings is 2. The van der Waals surface area contributed by atoms with E-state index in [4.69, 9.17) is 4.74 Å². The third-order valence-electron chi connectivity index (χ3n) is 2.51. The van der Waals surface area contributed by atoms with Gasteiger partial charge in [0.25, 0.3) is 5.91 Å². The maximum absolute atomic E-state index is 12.1. The van der Waals surface area contributed by atoms with Crippen molar-refractivity contribution in [2.24, 2.45) is 0 Å². The highest BCUT2D eigenvalue weighted by atomic mass is 32.1. The second-order valence-electron chi connectivity index (χ2n) is 4.08. The molecular weight excluding hydrogens is 314 g/mol. The number of aryl methyl sites for hydroxylation is 2. The summed E-state index contributed by atoms with van der Waals surface area (Å²) in [4.78, 5) is 41.9. The van der Waals surface area contributed by atoms with Gasteiger partial charge in [0.15, 0.2) is 5.13 Å². The van der Waals surface area contributed by atoms with E-state index in [0.29, 0.717) is 26.3 Å². The van der Waals surface area contributed by atoms with Gasteiger partial charge in [-0.05, 0) is 20.8 Å². The predicted molar refractivity (Wildman–Crippen MR) is 80.4 cm³/mol. The second-order valence-corrected chi connectivity index (χ2v) is 6.06. The van der Waals surface area contributed by atoms with Crippen LogP contribution < -0.4 is 10.2 Å². The molecule has 9 heteroatoms. The standard InChI is InChI=1S/C12H13N3O4S2/c1-4-19-10(17)8-6(3)13-11(20-8)15-9(16)7-5(2)14-12(18)21-7/h4H2,1-3H3,(H,14,18)(H,13,15,16). The second kappa shape index (κ2) is 6.19. The van der Waals surface area contributed by atoms with Crippen LogP contribution in [0.3, 0.4) is 0 Å². The number of hydrogen-bond acceptors (Lipinski definition) is 7. The number of hydrogen-bond donors (Lipinski definition) is 2. The zero-order chi connectivity index (χ0) is 15.6. The number of aromatic nitrogens is 2. The molecule has 0 radical (unpaired) electrons. The van der Waals surface area contributed by atoms with Crippen LogP contribution in [0, 0.1) is 13.8 Å². The number of nitrogens with zero attached hydrogens (tertiary/aromatic N) is 1. The van der Waals surface area contributed by atoms with Gasteiger partial charge in [0.2, 0.25) is 0 Å². The zero-order valence-corrected chi connectivity index (χ0v) is 13.2. The van der Waals surface area contributed by atoms with E-state index in [2.05, 4.69) is 15.3 Å². The van der Waals surface area contributed by atoms with Crippen molar-refractivity contribution < 1.29 is 14.3 Å². The van der Waals surface area contributed by atoms with Crippen LogP contribution in [-0.2, 0) is 4.74 Å². The number of H-pyrrole nitrogens is 1. The number of ether oxygens (including phenoxy) is 1. The van der Waals surface area contributed by atoms with E-state index in [1.54, 1.807) is 20.8 Å². The van der Waals surface area contributed by atoms with E-state index in [1.165, 1.54) is 0 Å². The van der Waals surface area contributed by atoms with E-state index in [9.17, 15) is 14.4 Å².